The van der Waals surface area contributed by atoms with Gasteiger partial charge in [0, 0.05) is 31.6 Å². The second-order valence-electron chi connectivity index (χ2n) is 3.57. The molecule has 0 aliphatic rings. The highest BCUT2D eigenvalue weighted by atomic mass is 32.2. The zero-order chi connectivity index (χ0) is 13.0. The van der Waals surface area contributed by atoms with Crippen molar-refractivity contribution in [1.82, 2.24) is 19.7 Å². The first-order valence-corrected chi connectivity index (χ1v) is 6.76. The monoisotopic (exact) mass is 267 g/mol. The molecule has 2 rings (SSSR count). The third-order valence-electron chi connectivity index (χ3n) is 2.30. The smallest absolute Gasteiger partial charge is 0.244 e. The zero-order valence-electron chi connectivity index (χ0n) is 9.50. The molecule has 0 unspecified atom stereocenters. The Morgan fingerprint density at radius 2 is 2.17 bits per heavy atom. The van der Waals surface area contributed by atoms with Crippen molar-refractivity contribution in [3.05, 3.63) is 36.5 Å². The molecule has 96 valence electrons. The fourth-order valence-electron chi connectivity index (χ4n) is 1.45. The minimum Gasteiger partial charge on any atom is -0.383 e. The van der Waals surface area contributed by atoms with Crippen LogP contribution in [0.1, 0.15) is 5.82 Å². The number of hydrogen-bond acceptors (Lipinski definition) is 5. The standard InChI is InChI=1S/C10H13N5O2S/c11-10-8(2-1-4-14-10)18(16,17)15-5-3-9-12-6-7-13-9/h1-2,4,6-7,15H,3,5H2,(H2,11,14)(H,12,13). The summed E-state index contributed by atoms with van der Waals surface area (Å²) in [7, 11) is -3.62. The van der Waals surface area contributed by atoms with E-state index in [1.165, 1.54) is 18.3 Å². The summed E-state index contributed by atoms with van der Waals surface area (Å²) >= 11 is 0. The Bertz CT molecular complexity index is 609. The minimum absolute atomic E-state index is 0.00977. The lowest BCUT2D eigenvalue weighted by atomic mass is 10.4. The van der Waals surface area contributed by atoms with E-state index < -0.39 is 10.0 Å². The van der Waals surface area contributed by atoms with Crippen molar-refractivity contribution in [2.75, 3.05) is 12.3 Å². The minimum atomic E-state index is -3.62. The summed E-state index contributed by atoms with van der Waals surface area (Å²) in [5.74, 6) is 0.708. The van der Waals surface area contributed by atoms with E-state index in [1.54, 1.807) is 12.4 Å². The summed E-state index contributed by atoms with van der Waals surface area (Å²) in [6.45, 7) is 0.240. The number of pyridine rings is 1. The number of nitrogens with two attached hydrogens (primary N) is 1. The van der Waals surface area contributed by atoms with Crippen LogP contribution in [0.3, 0.4) is 0 Å². The highest BCUT2D eigenvalue weighted by Crippen LogP contribution is 2.13. The lowest BCUT2D eigenvalue weighted by Gasteiger charge is -2.07. The molecule has 7 nitrogen and oxygen atoms in total. The number of aromatic nitrogens is 3. The maximum Gasteiger partial charge on any atom is 0.244 e. The number of nitrogens with zero attached hydrogens (tertiary/aromatic N) is 2. The third-order valence-corrected chi connectivity index (χ3v) is 3.81. The van der Waals surface area contributed by atoms with Crippen molar-refractivity contribution < 1.29 is 8.42 Å². The molecule has 0 aliphatic carbocycles. The average Bonchev–Trinajstić information content (AvgIpc) is 2.82. The lowest BCUT2D eigenvalue weighted by molar-refractivity contribution is 0.581. The summed E-state index contributed by atoms with van der Waals surface area (Å²) in [6.07, 6.45) is 5.22. The first kappa shape index (κ1) is 12.5. The molecule has 0 atom stereocenters. The number of imidazole rings is 1. The van der Waals surface area contributed by atoms with Crippen molar-refractivity contribution in [2.45, 2.75) is 11.3 Å². The van der Waals surface area contributed by atoms with Crippen LogP contribution in [0, 0.1) is 0 Å². The highest BCUT2D eigenvalue weighted by molar-refractivity contribution is 7.89. The van der Waals surface area contributed by atoms with Gasteiger partial charge < -0.3 is 10.7 Å². The second kappa shape index (κ2) is 5.15. The molecule has 8 heteroatoms. The number of aromatic amines is 1. The average molecular weight is 267 g/mol. The van der Waals surface area contributed by atoms with Crippen molar-refractivity contribution in [1.29, 1.82) is 0 Å². The van der Waals surface area contributed by atoms with Crippen LogP contribution in [0.15, 0.2) is 35.6 Å². The van der Waals surface area contributed by atoms with Gasteiger partial charge in [-0.15, -0.1) is 0 Å². The molecule has 2 aromatic rings. The van der Waals surface area contributed by atoms with E-state index in [0.29, 0.717) is 6.42 Å². The number of H-pyrrole nitrogens is 1. The summed E-state index contributed by atoms with van der Waals surface area (Å²) < 4.78 is 26.3. The van der Waals surface area contributed by atoms with Crippen LogP contribution >= 0.6 is 0 Å². The molecule has 0 radical (unpaired) electrons. The number of nitrogen functional groups attached to an aromatic ring is 1. The van der Waals surface area contributed by atoms with E-state index in [2.05, 4.69) is 19.7 Å². The first-order chi connectivity index (χ1) is 8.59. The number of hydrogen-bond donors (Lipinski definition) is 3. The molecular formula is C10H13N5O2S. The van der Waals surface area contributed by atoms with Crippen LogP contribution in [0.4, 0.5) is 5.82 Å². The van der Waals surface area contributed by atoms with Crippen LogP contribution in [0.2, 0.25) is 0 Å². The summed E-state index contributed by atoms with van der Waals surface area (Å²) in [5.41, 5.74) is 5.52. The number of rotatable bonds is 5. The van der Waals surface area contributed by atoms with Gasteiger partial charge in [0.05, 0.1) is 0 Å². The fraction of sp³-hybridized carbons (Fsp3) is 0.200. The van der Waals surface area contributed by atoms with E-state index >= 15 is 0 Å². The van der Waals surface area contributed by atoms with Gasteiger partial charge in [0.2, 0.25) is 10.0 Å². The Kier molecular flexibility index (Phi) is 3.58. The van der Waals surface area contributed by atoms with Crippen molar-refractivity contribution in [3.63, 3.8) is 0 Å². The Balaban J connectivity index is 2.02. The highest BCUT2D eigenvalue weighted by Gasteiger charge is 2.17. The number of anilines is 1. The Labute approximate surface area is 105 Å². The predicted octanol–water partition coefficient (Wildman–Crippen LogP) is -0.0921. The van der Waals surface area contributed by atoms with Crippen molar-refractivity contribution in [3.8, 4) is 0 Å². The maximum absolute atomic E-state index is 11.9. The molecule has 0 bridgehead atoms. The van der Waals surface area contributed by atoms with Crippen LogP contribution in [-0.4, -0.2) is 29.9 Å². The Morgan fingerprint density at radius 3 is 2.83 bits per heavy atom. The van der Waals surface area contributed by atoms with Gasteiger partial charge in [-0.05, 0) is 12.1 Å². The molecule has 4 N–H and O–H groups in total. The second-order valence-corrected chi connectivity index (χ2v) is 5.31. The van der Waals surface area contributed by atoms with Crippen LogP contribution in [0.25, 0.3) is 0 Å². The molecule has 0 spiro atoms. The van der Waals surface area contributed by atoms with Gasteiger partial charge in [0.25, 0.3) is 0 Å². The molecule has 18 heavy (non-hydrogen) atoms. The van der Waals surface area contributed by atoms with Gasteiger partial charge in [-0.1, -0.05) is 0 Å². The SMILES string of the molecule is Nc1ncccc1S(=O)(=O)NCCc1ncc[nH]1. The summed E-state index contributed by atoms with van der Waals surface area (Å²) in [6, 6.07) is 2.94. The molecular weight excluding hydrogens is 254 g/mol. The van der Waals surface area contributed by atoms with Gasteiger partial charge >= 0.3 is 0 Å². The van der Waals surface area contributed by atoms with Gasteiger partial charge in [-0.2, -0.15) is 0 Å². The van der Waals surface area contributed by atoms with Crippen molar-refractivity contribution >= 4 is 15.8 Å². The molecule has 2 aromatic heterocycles. The molecule has 0 saturated carbocycles. The Hall–Kier alpha value is -1.93. The molecule has 0 aromatic carbocycles. The zero-order valence-corrected chi connectivity index (χ0v) is 10.3. The predicted molar refractivity (Wildman–Crippen MR) is 66.1 cm³/mol. The quantitative estimate of drug-likeness (QED) is 0.700. The van der Waals surface area contributed by atoms with E-state index in [-0.39, 0.29) is 17.3 Å². The van der Waals surface area contributed by atoms with E-state index in [0.717, 1.165) is 5.82 Å². The van der Waals surface area contributed by atoms with E-state index in [9.17, 15) is 8.42 Å². The fourth-order valence-corrected chi connectivity index (χ4v) is 2.56. The van der Waals surface area contributed by atoms with Crippen molar-refractivity contribution in [2.24, 2.45) is 0 Å². The maximum atomic E-state index is 11.9. The molecule has 0 amide bonds. The first-order valence-electron chi connectivity index (χ1n) is 5.28. The third kappa shape index (κ3) is 2.84. The molecule has 0 saturated heterocycles. The lowest BCUT2D eigenvalue weighted by Crippen LogP contribution is -2.27. The molecule has 2 heterocycles. The van der Waals surface area contributed by atoms with Crippen LogP contribution in [0.5, 0.6) is 0 Å². The topological polar surface area (TPSA) is 114 Å². The van der Waals surface area contributed by atoms with Gasteiger partial charge in [0.1, 0.15) is 16.5 Å². The normalized spacial score (nSPS) is 11.6. The summed E-state index contributed by atoms with van der Waals surface area (Å²) in [4.78, 5) is 10.6. The largest absolute Gasteiger partial charge is 0.383 e. The molecule has 0 fully saturated rings. The van der Waals surface area contributed by atoms with E-state index in [1.807, 2.05) is 0 Å². The van der Waals surface area contributed by atoms with Crippen LogP contribution in [-0.2, 0) is 16.4 Å². The number of nitrogens with one attached hydrogen (secondary N) is 2. The summed E-state index contributed by atoms with van der Waals surface area (Å²) in [5, 5.41) is 0. The van der Waals surface area contributed by atoms with Gasteiger partial charge in [0.15, 0.2) is 0 Å². The van der Waals surface area contributed by atoms with E-state index in [4.69, 9.17) is 5.73 Å². The Morgan fingerprint density at radius 1 is 1.33 bits per heavy atom. The van der Waals surface area contributed by atoms with Gasteiger partial charge in [-0.3, -0.25) is 0 Å². The van der Waals surface area contributed by atoms with Gasteiger partial charge in [-0.25, -0.2) is 23.1 Å². The molecule has 0 aliphatic heterocycles. The number of sulfonamides is 1. The van der Waals surface area contributed by atoms with Crippen LogP contribution < -0.4 is 10.5 Å².